The van der Waals surface area contributed by atoms with Crippen LogP contribution in [0.15, 0.2) is 35.3 Å². The molecule has 0 aromatic heterocycles. The topological polar surface area (TPSA) is 57.6 Å². The van der Waals surface area contributed by atoms with Crippen molar-refractivity contribution < 1.29 is 14.7 Å². The van der Waals surface area contributed by atoms with Crippen LogP contribution < -0.4 is 0 Å². The molecular weight excluding hydrogens is 321 g/mol. The lowest BCUT2D eigenvalue weighted by Crippen LogP contribution is -2.35. The van der Waals surface area contributed by atoms with Gasteiger partial charge in [0.2, 0.25) is 0 Å². The van der Waals surface area contributed by atoms with Crippen LogP contribution in [-0.2, 0) is 4.79 Å². The molecule has 0 bridgehead atoms. The fraction of sp³-hybridized carbons (Fsp3) is 0.167. The Balaban J connectivity index is 3.01. The SMILES string of the molecule is C=CCN(CC(=O)O)C(=O)c1ccc(Cl)cc1Br. The average molecular weight is 333 g/mol. The predicted molar refractivity (Wildman–Crippen MR) is 72.9 cm³/mol. The summed E-state index contributed by atoms with van der Waals surface area (Å²) in [5, 5.41) is 9.25. The second-order valence-corrected chi connectivity index (χ2v) is 4.78. The van der Waals surface area contributed by atoms with Crippen LogP contribution in [0.5, 0.6) is 0 Å². The number of benzene rings is 1. The molecule has 0 unspecified atom stereocenters. The van der Waals surface area contributed by atoms with Gasteiger partial charge >= 0.3 is 5.97 Å². The number of hydrogen-bond acceptors (Lipinski definition) is 2. The van der Waals surface area contributed by atoms with Crippen molar-refractivity contribution in [3.8, 4) is 0 Å². The van der Waals surface area contributed by atoms with Gasteiger partial charge in [-0.05, 0) is 34.1 Å². The largest absolute Gasteiger partial charge is 0.480 e. The summed E-state index contributed by atoms with van der Waals surface area (Å²) in [4.78, 5) is 24.0. The van der Waals surface area contributed by atoms with Crippen molar-refractivity contribution >= 4 is 39.4 Å². The Hall–Kier alpha value is -1.33. The van der Waals surface area contributed by atoms with E-state index in [0.717, 1.165) is 0 Å². The molecule has 0 atom stereocenters. The Bertz CT molecular complexity index is 490. The van der Waals surface area contributed by atoms with E-state index in [-0.39, 0.29) is 19.0 Å². The van der Waals surface area contributed by atoms with Crippen LogP contribution in [0.1, 0.15) is 10.4 Å². The third-order valence-corrected chi connectivity index (χ3v) is 3.02. The first kappa shape index (κ1) is 14.7. The Labute approximate surface area is 118 Å². The highest BCUT2D eigenvalue weighted by molar-refractivity contribution is 9.10. The van der Waals surface area contributed by atoms with Crippen LogP contribution in [0.2, 0.25) is 5.02 Å². The van der Waals surface area contributed by atoms with E-state index in [9.17, 15) is 9.59 Å². The summed E-state index contributed by atoms with van der Waals surface area (Å²) >= 11 is 9.01. The highest BCUT2D eigenvalue weighted by atomic mass is 79.9. The molecule has 4 nitrogen and oxygen atoms in total. The number of amides is 1. The Morgan fingerprint density at radius 3 is 2.67 bits per heavy atom. The summed E-state index contributed by atoms with van der Waals surface area (Å²) in [7, 11) is 0. The molecule has 0 saturated carbocycles. The van der Waals surface area contributed by atoms with Crippen LogP contribution in [0.4, 0.5) is 0 Å². The predicted octanol–water partition coefficient (Wildman–Crippen LogP) is 2.82. The molecule has 6 heteroatoms. The zero-order valence-electron chi connectivity index (χ0n) is 9.40. The standard InChI is InChI=1S/C12H11BrClNO3/c1-2-5-15(7-11(16)17)12(18)9-4-3-8(14)6-10(9)13/h2-4,6H,1,5,7H2,(H,16,17). The van der Waals surface area contributed by atoms with Gasteiger partial charge in [0.05, 0.1) is 5.56 Å². The van der Waals surface area contributed by atoms with E-state index in [1.54, 1.807) is 18.2 Å². The summed E-state index contributed by atoms with van der Waals surface area (Å²) < 4.78 is 0.527. The van der Waals surface area contributed by atoms with E-state index in [1.807, 2.05) is 0 Å². The highest BCUT2D eigenvalue weighted by Crippen LogP contribution is 2.22. The number of nitrogens with zero attached hydrogens (tertiary/aromatic N) is 1. The maximum Gasteiger partial charge on any atom is 0.323 e. The molecule has 0 fully saturated rings. The molecule has 1 aromatic carbocycles. The zero-order chi connectivity index (χ0) is 13.7. The van der Waals surface area contributed by atoms with E-state index in [0.29, 0.717) is 15.1 Å². The summed E-state index contributed by atoms with van der Waals surface area (Å²) in [6.45, 7) is 3.29. The lowest BCUT2D eigenvalue weighted by Gasteiger charge is -2.19. The number of carboxylic acids is 1. The normalized spacial score (nSPS) is 9.89. The van der Waals surface area contributed by atoms with Gasteiger partial charge in [0.25, 0.3) is 5.91 Å². The van der Waals surface area contributed by atoms with E-state index in [4.69, 9.17) is 16.7 Å². The van der Waals surface area contributed by atoms with Crippen molar-refractivity contribution in [1.82, 2.24) is 4.90 Å². The summed E-state index contributed by atoms with van der Waals surface area (Å²) in [6.07, 6.45) is 1.48. The zero-order valence-corrected chi connectivity index (χ0v) is 11.7. The third-order valence-electron chi connectivity index (χ3n) is 2.12. The average Bonchev–Trinajstić information content (AvgIpc) is 2.27. The lowest BCUT2D eigenvalue weighted by atomic mass is 10.2. The Kier molecular flexibility index (Phi) is 5.37. The van der Waals surface area contributed by atoms with E-state index in [2.05, 4.69) is 22.5 Å². The monoisotopic (exact) mass is 331 g/mol. The molecule has 96 valence electrons. The molecule has 1 aromatic rings. The van der Waals surface area contributed by atoms with Crippen LogP contribution in [0, 0.1) is 0 Å². The molecule has 0 heterocycles. The minimum atomic E-state index is -1.07. The van der Waals surface area contributed by atoms with Crippen molar-refractivity contribution in [3.05, 3.63) is 45.9 Å². The number of halogens is 2. The fourth-order valence-electron chi connectivity index (χ4n) is 1.37. The van der Waals surface area contributed by atoms with Gasteiger partial charge in [-0.3, -0.25) is 9.59 Å². The van der Waals surface area contributed by atoms with Gasteiger partial charge < -0.3 is 10.0 Å². The number of hydrogen-bond donors (Lipinski definition) is 1. The van der Waals surface area contributed by atoms with Gasteiger partial charge in [0, 0.05) is 16.0 Å². The van der Waals surface area contributed by atoms with Crippen molar-refractivity contribution in [2.75, 3.05) is 13.1 Å². The quantitative estimate of drug-likeness (QED) is 0.844. The van der Waals surface area contributed by atoms with E-state index < -0.39 is 5.97 Å². The summed E-state index contributed by atoms with van der Waals surface area (Å²) in [6, 6.07) is 4.71. The Morgan fingerprint density at radius 2 is 2.17 bits per heavy atom. The first-order chi connectivity index (χ1) is 8.45. The minimum absolute atomic E-state index is 0.167. The molecule has 1 amide bonds. The number of aliphatic carboxylic acids is 1. The molecule has 0 radical (unpaired) electrons. The lowest BCUT2D eigenvalue weighted by molar-refractivity contribution is -0.137. The van der Waals surface area contributed by atoms with Crippen molar-refractivity contribution in [3.63, 3.8) is 0 Å². The van der Waals surface area contributed by atoms with Crippen LogP contribution in [0.3, 0.4) is 0 Å². The molecule has 1 rings (SSSR count). The second kappa shape index (κ2) is 6.56. The van der Waals surface area contributed by atoms with Crippen LogP contribution >= 0.6 is 27.5 Å². The molecule has 0 spiro atoms. The molecule has 0 aliphatic heterocycles. The number of carbonyl (C=O) groups is 2. The first-order valence-electron chi connectivity index (χ1n) is 5.02. The van der Waals surface area contributed by atoms with Gasteiger partial charge in [0.1, 0.15) is 6.54 Å². The summed E-state index contributed by atoms with van der Waals surface area (Å²) in [5.41, 5.74) is 0.363. The van der Waals surface area contributed by atoms with Gasteiger partial charge in [0.15, 0.2) is 0 Å². The van der Waals surface area contributed by atoms with Crippen molar-refractivity contribution in [2.45, 2.75) is 0 Å². The maximum absolute atomic E-state index is 12.1. The van der Waals surface area contributed by atoms with Crippen LogP contribution in [-0.4, -0.2) is 35.0 Å². The van der Waals surface area contributed by atoms with Crippen molar-refractivity contribution in [1.29, 1.82) is 0 Å². The van der Waals surface area contributed by atoms with E-state index in [1.165, 1.54) is 11.0 Å². The Morgan fingerprint density at radius 1 is 1.50 bits per heavy atom. The molecule has 18 heavy (non-hydrogen) atoms. The van der Waals surface area contributed by atoms with Gasteiger partial charge in [-0.2, -0.15) is 0 Å². The van der Waals surface area contributed by atoms with Gasteiger partial charge in [-0.15, -0.1) is 6.58 Å². The van der Waals surface area contributed by atoms with E-state index >= 15 is 0 Å². The highest BCUT2D eigenvalue weighted by Gasteiger charge is 2.19. The van der Waals surface area contributed by atoms with Gasteiger partial charge in [-0.25, -0.2) is 0 Å². The number of carbonyl (C=O) groups excluding carboxylic acids is 1. The van der Waals surface area contributed by atoms with Gasteiger partial charge in [-0.1, -0.05) is 17.7 Å². The number of carboxylic acid groups (broad SMARTS) is 1. The number of rotatable bonds is 5. The molecular formula is C12H11BrClNO3. The smallest absolute Gasteiger partial charge is 0.323 e. The summed E-state index contributed by atoms with van der Waals surface area (Å²) in [5.74, 6) is -1.46. The second-order valence-electron chi connectivity index (χ2n) is 3.49. The van der Waals surface area contributed by atoms with Crippen LogP contribution in [0.25, 0.3) is 0 Å². The maximum atomic E-state index is 12.1. The first-order valence-corrected chi connectivity index (χ1v) is 6.19. The van der Waals surface area contributed by atoms with Crippen molar-refractivity contribution in [2.24, 2.45) is 0 Å². The minimum Gasteiger partial charge on any atom is -0.480 e. The molecule has 0 aliphatic carbocycles. The molecule has 0 saturated heterocycles. The fourth-order valence-corrected chi connectivity index (χ4v) is 2.22. The third kappa shape index (κ3) is 3.85. The molecule has 1 N–H and O–H groups in total. The molecule has 0 aliphatic rings.